The van der Waals surface area contributed by atoms with Crippen molar-refractivity contribution in [1.29, 1.82) is 0 Å². The maximum atomic E-state index is 11.6. The van der Waals surface area contributed by atoms with E-state index in [4.69, 9.17) is 17.0 Å². The van der Waals surface area contributed by atoms with Crippen LogP contribution in [0.3, 0.4) is 0 Å². The summed E-state index contributed by atoms with van der Waals surface area (Å²) in [5.74, 6) is -0.327. The lowest BCUT2D eigenvalue weighted by Gasteiger charge is -2.35. The Hall–Kier alpha value is -2.66. The fraction of sp³-hybridized carbons (Fsp3) is 0.200. The summed E-state index contributed by atoms with van der Waals surface area (Å²) in [6, 6.07) is 16.0. The second kappa shape index (κ2) is 6.33. The van der Waals surface area contributed by atoms with Gasteiger partial charge in [-0.15, -0.1) is 0 Å². The van der Waals surface area contributed by atoms with Gasteiger partial charge in [0.1, 0.15) is 0 Å². The second-order valence-electron chi connectivity index (χ2n) is 6.20. The van der Waals surface area contributed by atoms with E-state index in [1.165, 1.54) is 23.8 Å². The van der Waals surface area contributed by atoms with Gasteiger partial charge in [0.25, 0.3) is 0 Å². The molecular formula is C20H18N2O2S. The van der Waals surface area contributed by atoms with Crippen molar-refractivity contribution in [3.63, 3.8) is 0 Å². The fourth-order valence-corrected chi connectivity index (χ4v) is 3.79. The van der Waals surface area contributed by atoms with E-state index >= 15 is 0 Å². The second-order valence-corrected chi connectivity index (χ2v) is 6.61. The largest absolute Gasteiger partial charge is 0.465 e. The van der Waals surface area contributed by atoms with Gasteiger partial charge in [-0.1, -0.05) is 36.4 Å². The smallest absolute Gasteiger partial charge is 0.337 e. The molecule has 5 heteroatoms. The zero-order valence-electron chi connectivity index (χ0n) is 13.8. The van der Waals surface area contributed by atoms with Crippen molar-refractivity contribution in [2.75, 3.05) is 7.11 Å². The average Bonchev–Trinajstić information content (AvgIpc) is 2.66. The summed E-state index contributed by atoms with van der Waals surface area (Å²) in [4.78, 5) is 11.6. The maximum Gasteiger partial charge on any atom is 0.337 e. The Kier molecular flexibility index (Phi) is 4.01. The predicted octanol–water partition coefficient (Wildman–Crippen LogP) is 3.35. The number of methoxy groups -OCH3 is 1. The van der Waals surface area contributed by atoms with Crippen LogP contribution in [0.2, 0.25) is 0 Å². The van der Waals surface area contributed by atoms with Gasteiger partial charge in [-0.2, -0.15) is 0 Å². The highest BCUT2D eigenvalue weighted by atomic mass is 32.1. The van der Waals surface area contributed by atoms with Gasteiger partial charge in [0.15, 0.2) is 5.11 Å². The molecule has 1 aliphatic heterocycles. The van der Waals surface area contributed by atoms with E-state index in [-0.39, 0.29) is 12.0 Å². The predicted molar refractivity (Wildman–Crippen MR) is 101 cm³/mol. The summed E-state index contributed by atoms with van der Waals surface area (Å²) in [6.45, 7) is 0. The van der Waals surface area contributed by atoms with Crippen LogP contribution in [0.15, 0.2) is 54.1 Å². The number of carbonyl (C=O) groups is 1. The summed E-state index contributed by atoms with van der Waals surface area (Å²) >= 11 is 5.44. The average molecular weight is 350 g/mol. The van der Waals surface area contributed by atoms with Crippen LogP contribution >= 0.6 is 12.2 Å². The number of benzene rings is 2. The zero-order valence-corrected chi connectivity index (χ0v) is 14.7. The standard InChI is InChI=1S/C20H18N2O2S/c1-24-19(23)14-8-6-13(7-9-14)17-16-11-10-12-4-2-3-5-15(12)18(16)22-20(25)21-17/h2-9,17H,10-11H2,1H3,(H2,21,22,25). The Balaban J connectivity index is 1.75. The van der Waals surface area contributed by atoms with Gasteiger partial charge in [0.05, 0.1) is 18.7 Å². The first-order valence-corrected chi connectivity index (χ1v) is 8.65. The highest BCUT2D eigenvalue weighted by Gasteiger charge is 2.30. The van der Waals surface area contributed by atoms with E-state index in [0.717, 1.165) is 24.1 Å². The van der Waals surface area contributed by atoms with Crippen molar-refractivity contribution in [3.05, 3.63) is 76.4 Å². The highest BCUT2D eigenvalue weighted by Crippen LogP contribution is 2.38. The van der Waals surface area contributed by atoms with Gasteiger partial charge in [0.2, 0.25) is 0 Å². The minimum absolute atomic E-state index is 0.0174. The van der Waals surface area contributed by atoms with Crippen LogP contribution in [0.25, 0.3) is 5.70 Å². The quantitative estimate of drug-likeness (QED) is 0.643. The molecule has 0 spiro atoms. The zero-order chi connectivity index (χ0) is 17.4. The van der Waals surface area contributed by atoms with Gasteiger partial charge in [0, 0.05) is 11.3 Å². The van der Waals surface area contributed by atoms with Crippen LogP contribution in [0, 0.1) is 0 Å². The van der Waals surface area contributed by atoms with E-state index in [0.29, 0.717) is 10.7 Å². The van der Waals surface area contributed by atoms with Crippen molar-refractivity contribution >= 4 is 29.0 Å². The van der Waals surface area contributed by atoms with Crippen LogP contribution in [-0.4, -0.2) is 18.2 Å². The maximum absolute atomic E-state index is 11.6. The number of thiocarbonyl (C=S) groups is 1. The first-order chi connectivity index (χ1) is 12.2. The Bertz CT molecular complexity index is 887. The number of aryl methyl sites for hydroxylation is 1. The summed E-state index contributed by atoms with van der Waals surface area (Å²) < 4.78 is 4.77. The van der Waals surface area contributed by atoms with Crippen molar-refractivity contribution in [1.82, 2.24) is 10.6 Å². The van der Waals surface area contributed by atoms with Crippen molar-refractivity contribution in [3.8, 4) is 0 Å². The van der Waals surface area contributed by atoms with Gasteiger partial charge in [-0.05, 0) is 53.9 Å². The number of esters is 1. The highest BCUT2D eigenvalue weighted by molar-refractivity contribution is 7.80. The molecule has 1 aliphatic carbocycles. The molecule has 126 valence electrons. The van der Waals surface area contributed by atoms with E-state index < -0.39 is 0 Å². The minimum atomic E-state index is -0.327. The van der Waals surface area contributed by atoms with E-state index in [1.54, 1.807) is 12.1 Å². The van der Waals surface area contributed by atoms with Crippen LogP contribution in [0.4, 0.5) is 0 Å². The number of hydrogen-bond donors (Lipinski definition) is 2. The van der Waals surface area contributed by atoms with E-state index in [9.17, 15) is 4.79 Å². The lowest BCUT2D eigenvalue weighted by molar-refractivity contribution is 0.0600. The molecule has 2 aliphatic rings. The van der Waals surface area contributed by atoms with Crippen molar-refractivity contribution in [2.45, 2.75) is 18.9 Å². The fourth-order valence-electron chi connectivity index (χ4n) is 3.57. The number of nitrogens with one attached hydrogen (secondary N) is 2. The van der Waals surface area contributed by atoms with Gasteiger partial charge in [-0.25, -0.2) is 4.79 Å². The van der Waals surface area contributed by atoms with Crippen molar-refractivity contribution in [2.24, 2.45) is 0 Å². The first-order valence-electron chi connectivity index (χ1n) is 8.24. The SMILES string of the molecule is COC(=O)c1ccc(C2NC(=S)NC3=C2CCc2ccccc23)cc1. The third kappa shape index (κ3) is 2.81. The normalized spacial score (nSPS) is 18.6. The molecule has 1 atom stereocenters. The molecule has 4 nitrogen and oxygen atoms in total. The lowest BCUT2D eigenvalue weighted by atomic mass is 9.83. The van der Waals surface area contributed by atoms with Crippen LogP contribution < -0.4 is 10.6 Å². The molecule has 2 N–H and O–H groups in total. The number of fused-ring (bicyclic) bond motifs is 2. The first kappa shape index (κ1) is 15.8. The molecule has 2 aromatic rings. The molecule has 4 rings (SSSR count). The minimum Gasteiger partial charge on any atom is -0.465 e. The van der Waals surface area contributed by atoms with Gasteiger partial charge < -0.3 is 15.4 Å². The lowest BCUT2D eigenvalue weighted by Crippen LogP contribution is -2.44. The van der Waals surface area contributed by atoms with Crippen LogP contribution in [0.1, 0.15) is 39.5 Å². The van der Waals surface area contributed by atoms with Gasteiger partial charge in [-0.3, -0.25) is 0 Å². The van der Waals surface area contributed by atoms with Gasteiger partial charge >= 0.3 is 5.97 Å². The number of rotatable bonds is 2. The van der Waals surface area contributed by atoms with Crippen molar-refractivity contribution < 1.29 is 9.53 Å². The third-order valence-electron chi connectivity index (χ3n) is 4.80. The third-order valence-corrected chi connectivity index (χ3v) is 5.02. The van der Waals surface area contributed by atoms with E-state index in [2.05, 4.69) is 34.9 Å². The Morgan fingerprint density at radius 1 is 1.12 bits per heavy atom. The summed E-state index contributed by atoms with van der Waals surface area (Å²) in [5.41, 5.74) is 6.63. The van der Waals surface area contributed by atoms with E-state index in [1.807, 2.05) is 12.1 Å². The topological polar surface area (TPSA) is 50.4 Å². The molecule has 2 aromatic carbocycles. The molecule has 25 heavy (non-hydrogen) atoms. The van der Waals surface area contributed by atoms with Crippen LogP contribution in [-0.2, 0) is 11.2 Å². The summed E-state index contributed by atoms with van der Waals surface area (Å²) in [5, 5.41) is 7.33. The molecule has 0 amide bonds. The summed E-state index contributed by atoms with van der Waals surface area (Å²) in [6.07, 6.45) is 1.99. The number of ether oxygens (including phenoxy) is 1. The molecule has 0 aromatic heterocycles. The Labute approximate surface area is 151 Å². The molecule has 1 heterocycles. The number of carbonyl (C=O) groups excluding carboxylic acids is 1. The molecule has 0 bridgehead atoms. The molecule has 0 saturated carbocycles. The molecule has 1 unspecified atom stereocenters. The molecule has 0 fully saturated rings. The molecule has 0 saturated heterocycles. The Morgan fingerprint density at radius 3 is 2.64 bits per heavy atom. The molecule has 0 radical (unpaired) electrons. The Morgan fingerprint density at radius 2 is 1.88 bits per heavy atom. The number of hydrogen-bond acceptors (Lipinski definition) is 3. The van der Waals surface area contributed by atoms with Crippen LogP contribution in [0.5, 0.6) is 0 Å². The summed E-state index contributed by atoms with van der Waals surface area (Å²) in [7, 11) is 1.39. The molecular weight excluding hydrogens is 332 g/mol. The monoisotopic (exact) mass is 350 g/mol.